The normalized spacial score (nSPS) is 11.7. The van der Waals surface area contributed by atoms with Crippen molar-refractivity contribution in [2.75, 3.05) is 4.90 Å². The molecule has 6 rings (SSSR count). The van der Waals surface area contributed by atoms with Crippen molar-refractivity contribution in [2.24, 2.45) is 0 Å². The summed E-state index contributed by atoms with van der Waals surface area (Å²) in [4.78, 5) is 6.73. The molecule has 0 bridgehead atoms. The van der Waals surface area contributed by atoms with Crippen LogP contribution in [0.1, 0.15) is 5.69 Å². The van der Waals surface area contributed by atoms with Gasteiger partial charge in [-0.15, -0.1) is 0 Å². The zero-order valence-corrected chi connectivity index (χ0v) is 18.2. The molecule has 4 nitrogen and oxygen atoms in total. The molecule has 0 aliphatic carbocycles. The van der Waals surface area contributed by atoms with Crippen molar-refractivity contribution in [1.29, 1.82) is 5.26 Å². The predicted molar refractivity (Wildman–Crippen MR) is 135 cm³/mol. The first-order valence-corrected chi connectivity index (χ1v) is 11.0. The molecule has 0 unspecified atom stereocenters. The van der Waals surface area contributed by atoms with E-state index >= 15 is 0 Å². The number of nitriles is 1. The highest BCUT2D eigenvalue weighted by Crippen LogP contribution is 2.52. The smallest absolute Gasteiger partial charge is 0.151 e. The molecule has 0 fully saturated rings. The van der Waals surface area contributed by atoms with Crippen molar-refractivity contribution in [1.82, 2.24) is 4.98 Å². The predicted octanol–water partition coefficient (Wildman–Crippen LogP) is 7.86. The van der Waals surface area contributed by atoms with Crippen molar-refractivity contribution in [3.8, 4) is 40.0 Å². The van der Waals surface area contributed by atoms with E-state index in [1.165, 1.54) is 0 Å². The van der Waals surface area contributed by atoms with Crippen LogP contribution in [0.4, 0.5) is 17.1 Å². The van der Waals surface area contributed by atoms with Crippen LogP contribution in [-0.4, -0.2) is 4.98 Å². The van der Waals surface area contributed by atoms with Gasteiger partial charge in [0.15, 0.2) is 11.5 Å². The third kappa shape index (κ3) is 3.37. The van der Waals surface area contributed by atoms with Gasteiger partial charge in [-0.2, -0.15) is 5.26 Å². The topological polar surface area (TPSA) is 49.2 Å². The van der Waals surface area contributed by atoms with E-state index in [1.54, 1.807) is 6.07 Å². The Morgan fingerprint density at radius 3 is 1.97 bits per heavy atom. The highest BCUT2D eigenvalue weighted by molar-refractivity contribution is 5.93. The second-order valence-corrected chi connectivity index (χ2v) is 7.99. The van der Waals surface area contributed by atoms with Gasteiger partial charge in [-0.05, 0) is 54.1 Å². The first kappa shape index (κ1) is 19.8. The Morgan fingerprint density at radius 1 is 0.618 bits per heavy atom. The first-order chi connectivity index (χ1) is 16.8. The molecule has 160 valence electrons. The van der Waals surface area contributed by atoms with Crippen LogP contribution >= 0.6 is 0 Å². The highest BCUT2D eigenvalue weighted by atomic mass is 16.5. The van der Waals surface area contributed by atoms with Crippen molar-refractivity contribution in [2.45, 2.75) is 0 Å². The average molecular weight is 438 g/mol. The monoisotopic (exact) mass is 437 g/mol. The van der Waals surface area contributed by atoms with Crippen LogP contribution in [0, 0.1) is 11.3 Å². The number of aromatic nitrogens is 1. The summed E-state index contributed by atoms with van der Waals surface area (Å²) in [5.41, 5.74) is 7.35. The lowest BCUT2D eigenvalue weighted by Gasteiger charge is -2.34. The molecule has 4 aromatic carbocycles. The summed E-state index contributed by atoms with van der Waals surface area (Å²) >= 11 is 0. The molecule has 0 amide bonds. The number of hydrogen-bond donors (Lipinski definition) is 0. The molecule has 1 aromatic heterocycles. The van der Waals surface area contributed by atoms with E-state index in [4.69, 9.17) is 4.74 Å². The van der Waals surface area contributed by atoms with Gasteiger partial charge in [0.1, 0.15) is 11.8 Å². The molecule has 0 N–H and O–H groups in total. The van der Waals surface area contributed by atoms with Crippen LogP contribution in [0.25, 0.3) is 22.4 Å². The van der Waals surface area contributed by atoms with E-state index < -0.39 is 0 Å². The maximum atomic E-state index is 9.25. The first-order valence-electron chi connectivity index (χ1n) is 11.0. The van der Waals surface area contributed by atoms with Gasteiger partial charge in [-0.3, -0.25) is 0 Å². The molecule has 0 saturated carbocycles. The van der Waals surface area contributed by atoms with Gasteiger partial charge in [0.25, 0.3) is 0 Å². The van der Waals surface area contributed by atoms with Crippen molar-refractivity contribution in [3.05, 3.63) is 121 Å². The molecule has 5 aromatic rings. The number of hydrogen-bond acceptors (Lipinski definition) is 4. The second kappa shape index (κ2) is 8.23. The summed E-state index contributed by atoms with van der Waals surface area (Å²) in [5.74, 6) is 1.64. The molecule has 0 saturated heterocycles. The molecule has 0 spiro atoms. The van der Waals surface area contributed by atoms with Crippen LogP contribution in [0.2, 0.25) is 0 Å². The molecule has 0 radical (unpaired) electrons. The maximum Gasteiger partial charge on any atom is 0.151 e. The SMILES string of the molecule is N#Cc1cccc(-c2cccc(-c3ccccc3N3c4ccccc4Oc4ccccc43)c2)n1. The fourth-order valence-electron chi connectivity index (χ4n) is 4.38. The number of rotatable bonds is 3. The average Bonchev–Trinajstić information content (AvgIpc) is 2.92. The van der Waals surface area contributed by atoms with E-state index in [9.17, 15) is 5.26 Å². The lowest BCUT2D eigenvalue weighted by molar-refractivity contribution is 0.477. The minimum atomic E-state index is 0.407. The number of para-hydroxylation sites is 5. The quantitative estimate of drug-likeness (QED) is 0.283. The van der Waals surface area contributed by atoms with Crippen molar-refractivity contribution < 1.29 is 4.74 Å². The Kier molecular flexibility index (Phi) is 4.79. The van der Waals surface area contributed by atoms with E-state index in [2.05, 4.69) is 64.5 Å². The minimum Gasteiger partial charge on any atom is -0.453 e. The summed E-state index contributed by atoms with van der Waals surface area (Å²) in [6.45, 7) is 0. The van der Waals surface area contributed by atoms with Crippen LogP contribution in [0.3, 0.4) is 0 Å². The number of ether oxygens (including phenoxy) is 1. The Morgan fingerprint density at radius 2 is 1.24 bits per heavy atom. The molecule has 34 heavy (non-hydrogen) atoms. The van der Waals surface area contributed by atoms with Crippen LogP contribution < -0.4 is 9.64 Å². The zero-order chi connectivity index (χ0) is 22.9. The molecular weight excluding hydrogens is 418 g/mol. The Hall–Kier alpha value is -4.88. The van der Waals surface area contributed by atoms with Crippen molar-refractivity contribution in [3.63, 3.8) is 0 Å². The standard InChI is InChI=1S/C30H19N3O/c31-20-23-11-8-13-25(32-23)22-10-7-9-21(19-22)24-12-1-2-14-26(24)33-27-15-3-5-17-29(27)34-30-18-6-4-16-28(30)33/h1-19H. The van der Waals surface area contributed by atoms with E-state index in [1.807, 2.05) is 60.7 Å². The number of pyridine rings is 1. The fourth-order valence-corrected chi connectivity index (χ4v) is 4.38. The number of benzene rings is 4. The summed E-state index contributed by atoms with van der Waals surface area (Å²) < 4.78 is 6.20. The largest absolute Gasteiger partial charge is 0.453 e. The van der Waals surface area contributed by atoms with Crippen LogP contribution in [0.15, 0.2) is 115 Å². The van der Waals surface area contributed by atoms with Crippen LogP contribution in [0.5, 0.6) is 11.5 Å². The minimum absolute atomic E-state index is 0.407. The third-order valence-electron chi connectivity index (χ3n) is 5.91. The summed E-state index contributed by atoms with van der Waals surface area (Å²) in [6.07, 6.45) is 0. The number of fused-ring (bicyclic) bond motifs is 2. The van der Waals surface area contributed by atoms with Gasteiger partial charge in [0.05, 0.1) is 22.8 Å². The van der Waals surface area contributed by atoms with E-state index in [0.717, 1.165) is 50.9 Å². The lowest BCUT2D eigenvalue weighted by atomic mass is 9.98. The molecule has 2 heterocycles. The third-order valence-corrected chi connectivity index (χ3v) is 5.91. The summed E-state index contributed by atoms with van der Waals surface area (Å²) in [7, 11) is 0. The summed E-state index contributed by atoms with van der Waals surface area (Å²) in [5, 5.41) is 9.25. The number of nitrogens with zero attached hydrogens (tertiary/aromatic N) is 3. The maximum absolute atomic E-state index is 9.25. The molecule has 4 heteroatoms. The van der Waals surface area contributed by atoms with Crippen molar-refractivity contribution >= 4 is 17.1 Å². The molecular formula is C30H19N3O. The van der Waals surface area contributed by atoms with Gasteiger partial charge in [0.2, 0.25) is 0 Å². The van der Waals surface area contributed by atoms with Gasteiger partial charge in [-0.25, -0.2) is 4.98 Å². The highest BCUT2D eigenvalue weighted by Gasteiger charge is 2.26. The van der Waals surface area contributed by atoms with Gasteiger partial charge >= 0.3 is 0 Å². The zero-order valence-electron chi connectivity index (χ0n) is 18.2. The van der Waals surface area contributed by atoms with Crippen LogP contribution in [-0.2, 0) is 0 Å². The van der Waals surface area contributed by atoms with Gasteiger partial charge < -0.3 is 9.64 Å². The van der Waals surface area contributed by atoms with E-state index in [0.29, 0.717) is 5.69 Å². The lowest BCUT2D eigenvalue weighted by Crippen LogP contribution is -2.16. The Bertz CT molecular complexity index is 1520. The summed E-state index contributed by atoms with van der Waals surface area (Å²) in [6, 6.07) is 40.5. The Balaban J connectivity index is 1.52. The second-order valence-electron chi connectivity index (χ2n) is 7.99. The molecule has 1 aliphatic heterocycles. The fraction of sp³-hybridized carbons (Fsp3) is 0. The van der Waals surface area contributed by atoms with Gasteiger partial charge in [-0.1, -0.05) is 66.7 Å². The van der Waals surface area contributed by atoms with Gasteiger partial charge in [0, 0.05) is 11.1 Å². The molecule has 0 atom stereocenters. The Labute approximate surface area is 198 Å². The number of anilines is 3. The molecule has 1 aliphatic rings. The van der Waals surface area contributed by atoms with E-state index in [-0.39, 0.29) is 0 Å².